The third-order valence-electron chi connectivity index (χ3n) is 4.70. The second-order valence-corrected chi connectivity index (χ2v) is 6.87. The molecule has 1 aliphatic heterocycles. The Labute approximate surface area is 167 Å². The lowest BCUT2D eigenvalue weighted by molar-refractivity contribution is -0.136. The van der Waals surface area contributed by atoms with E-state index >= 15 is 0 Å². The number of benzene rings is 1. The van der Waals surface area contributed by atoms with Crippen molar-refractivity contribution in [2.45, 2.75) is 38.3 Å². The summed E-state index contributed by atoms with van der Waals surface area (Å²) in [4.78, 5) is 37.4. The standard InChI is InChI=1S/C18H24N8O3/c1-25-17(22-23-24-25)12-5-4-6-13(11-12)20-18(29)21-15-7-2-3-10-26(15)16(28)9-8-14(19)27/h4-6,11,15H,2-3,7-10H2,1H3,(H2,19,27)(H2,20,21,29). The summed E-state index contributed by atoms with van der Waals surface area (Å²) in [7, 11) is 1.73. The van der Waals surface area contributed by atoms with Gasteiger partial charge in [0.2, 0.25) is 11.8 Å². The zero-order valence-electron chi connectivity index (χ0n) is 16.2. The minimum Gasteiger partial charge on any atom is -0.370 e. The lowest BCUT2D eigenvalue weighted by atomic mass is 10.1. The van der Waals surface area contributed by atoms with Gasteiger partial charge in [0, 0.05) is 37.7 Å². The third kappa shape index (κ3) is 5.27. The number of rotatable bonds is 6. The van der Waals surface area contributed by atoms with Crippen LogP contribution in [0.15, 0.2) is 24.3 Å². The Morgan fingerprint density at radius 3 is 2.79 bits per heavy atom. The minimum absolute atomic E-state index is 0.00204. The monoisotopic (exact) mass is 400 g/mol. The van der Waals surface area contributed by atoms with Gasteiger partial charge in [-0.3, -0.25) is 9.59 Å². The molecule has 11 heteroatoms. The Morgan fingerprint density at radius 1 is 1.24 bits per heavy atom. The van der Waals surface area contributed by atoms with Crippen molar-refractivity contribution < 1.29 is 14.4 Å². The topological polar surface area (TPSA) is 148 Å². The van der Waals surface area contributed by atoms with Gasteiger partial charge >= 0.3 is 6.03 Å². The molecule has 4 N–H and O–H groups in total. The van der Waals surface area contributed by atoms with Gasteiger partial charge in [-0.2, -0.15) is 0 Å². The van der Waals surface area contributed by atoms with Crippen molar-refractivity contribution in [3.63, 3.8) is 0 Å². The average molecular weight is 400 g/mol. The summed E-state index contributed by atoms with van der Waals surface area (Å²) < 4.78 is 1.54. The summed E-state index contributed by atoms with van der Waals surface area (Å²) in [6.45, 7) is 0.539. The van der Waals surface area contributed by atoms with Crippen LogP contribution in [0.2, 0.25) is 0 Å². The Bertz CT molecular complexity index is 897. The van der Waals surface area contributed by atoms with Crippen LogP contribution in [0.3, 0.4) is 0 Å². The van der Waals surface area contributed by atoms with Gasteiger partial charge in [-0.05, 0) is 41.8 Å². The molecule has 0 radical (unpaired) electrons. The summed E-state index contributed by atoms with van der Waals surface area (Å²) in [5, 5.41) is 17.0. The zero-order chi connectivity index (χ0) is 20.8. The number of hydrogen-bond acceptors (Lipinski definition) is 6. The number of carbonyl (C=O) groups excluding carboxylic acids is 3. The number of anilines is 1. The number of tetrazole rings is 1. The van der Waals surface area contributed by atoms with Gasteiger partial charge < -0.3 is 21.3 Å². The minimum atomic E-state index is -0.518. The zero-order valence-corrected chi connectivity index (χ0v) is 16.2. The van der Waals surface area contributed by atoms with Crippen LogP contribution in [0, 0.1) is 0 Å². The number of urea groups is 1. The second-order valence-electron chi connectivity index (χ2n) is 6.87. The molecule has 154 valence electrons. The number of nitrogens with zero attached hydrogens (tertiary/aromatic N) is 5. The van der Waals surface area contributed by atoms with Crippen molar-refractivity contribution in [3.8, 4) is 11.4 Å². The first-order valence-corrected chi connectivity index (χ1v) is 9.42. The van der Waals surface area contributed by atoms with Crippen molar-refractivity contribution in [1.82, 2.24) is 30.4 Å². The number of carbonyl (C=O) groups is 3. The first-order chi connectivity index (χ1) is 13.9. The maximum atomic E-state index is 12.5. The molecule has 0 aliphatic carbocycles. The molecule has 2 heterocycles. The fourth-order valence-corrected chi connectivity index (χ4v) is 3.28. The highest BCUT2D eigenvalue weighted by Crippen LogP contribution is 2.20. The highest BCUT2D eigenvalue weighted by molar-refractivity contribution is 5.90. The summed E-state index contributed by atoms with van der Waals surface area (Å²) >= 11 is 0. The molecule has 0 saturated carbocycles. The van der Waals surface area contributed by atoms with Crippen LogP contribution >= 0.6 is 0 Å². The van der Waals surface area contributed by atoms with Crippen molar-refractivity contribution >= 4 is 23.5 Å². The van der Waals surface area contributed by atoms with Crippen LogP contribution in [0.25, 0.3) is 11.4 Å². The molecule has 2 aromatic rings. The van der Waals surface area contributed by atoms with E-state index in [2.05, 4.69) is 26.2 Å². The van der Waals surface area contributed by atoms with Crippen LogP contribution in [-0.4, -0.2) is 55.7 Å². The van der Waals surface area contributed by atoms with E-state index in [0.717, 1.165) is 18.4 Å². The van der Waals surface area contributed by atoms with Gasteiger partial charge in [0.15, 0.2) is 5.82 Å². The van der Waals surface area contributed by atoms with Gasteiger partial charge in [-0.25, -0.2) is 9.48 Å². The molecule has 0 bridgehead atoms. The molecule has 1 unspecified atom stereocenters. The second kappa shape index (κ2) is 9.13. The van der Waals surface area contributed by atoms with Gasteiger partial charge in [0.05, 0.1) is 0 Å². The van der Waals surface area contributed by atoms with Crippen LogP contribution in [0.4, 0.5) is 10.5 Å². The average Bonchev–Trinajstić information content (AvgIpc) is 3.12. The number of likely N-dealkylation sites (tertiary alicyclic amines) is 1. The van der Waals surface area contributed by atoms with Gasteiger partial charge in [-0.1, -0.05) is 12.1 Å². The van der Waals surface area contributed by atoms with E-state index in [1.807, 2.05) is 6.07 Å². The van der Waals surface area contributed by atoms with Crippen molar-refractivity contribution in [2.75, 3.05) is 11.9 Å². The lowest BCUT2D eigenvalue weighted by Gasteiger charge is -2.36. The Hall–Kier alpha value is -3.50. The highest BCUT2D eigenvalue weighted by Gasteiger charge is 2.27. The number of aromatic nitrogens is 4. The Balaban J connectivity index is 1.62. The number of nitrogens with two attached hydrogens (primary N) is 1. The highest BCUT2D eigenvalue weighted by atomic mass is 16.2. The number of hydrogen-bond donors (Lipinski definition) is 3. The summed E-state index contributed by atoms with van der Waals surface area (Å²) in [6.07, 6.45) is 2.03. The van der Waals surface area contributed by atoms with Gasteiger partial charge in [-0.15, -0.1) is 5.10 Å². The van der Waals surface area contributed by atoms with Crippen molar-refractivity contribution in [2.24, 2.45) is 12.8 Å². The maximum Gasteiger partial charge on any atom is 0.320 e. The quantitative estimate of drug-likeness (QED) is 0.647. The molecule has 1 saturated heterocycles. The predicted molar refractivity (Wildman–Crippen MR) is 104 cm³/mol. The Kier molecular flexibility index (Phi) is 6.37. The molecule has 1 fully saturated rings. The molecule has 4 amide bonds. The number of primary amides is 1. The van der Waals surface area contributed by atoms with Crippen molar-refractivity contribution in [3.05, 3.63) is 24.3 Å². The van der Waals surface area contributed by atoms with E-state index < -0.39 is 18.1 Å². The van der Waals surface area contributed by atoms with Gasteiger partial charge in [0.25, 0.3) is 0 Å². The summed E-state index contributed by atoms with van der Waals surface area (Å²) in [5.41, 5.74) is 6.46. The van der Waals surface area contributed by atoms with E-state index in [9.17, 15) is 14.4 Å². The number of aryl methyl sites for hydroxylation is 1. The van der Waals surface area contributed by atoms with Crippen LogP contribution in [-0.2, 0) is 16.6 Å². The molecule has 3 rings (SSSR count). The molecule has 1 aromatic heterocycles. The molecular formula is C18H24N8O3. The first kappa shape index (κ1) is 20.2. The fourth-order valence-electron chi connectivity index (χ4n) is 3.28. The molecular weight excluding hydrogens is 376 g/mol. The predicted octanol–water partition coefficient (Wildman–Crippen LogP) is 0.603. The van der Waals surface area contributed by atoms with E-state index in [-0.39, 0.29) is 18.7 Å². The number of piperidine rings is 1. The SMILES string of the molecule is Cn1nnnc1-c1cccc(NC(=O)NC2CCCCN2C(=O)CCC(N)=O)c1. The van der Waals surface area contributed by atoms with E-state index in [0.29, 0.717) is 24.5 Å². The van der Waals surface area contributed by atoms with Crippen LogP contribution < -0.4 is 16.4 Å². The third-order valence-corrected chi connectivity index (χ3v) is 4.70. The van der Waals surface area contributed by atoms with Gasteiger partial charge in [0.1, 0.15) is 6.17 Å². The van der Waals surface area contributed by atoms with E-state index in [1.165, 1.54) is 4.68 Å². The molecule has 1 aliphatic rings. The van der Waals surface area contributed by atoms with Crippen LogP contribution in [0.5, 0.6) is 0 Å². The molecule has 1 atom stereocenters. The van der Waals surface area contributed by atoms with E-state index in [1.54, 1.807) is 30.1 Å². The smallest absolute Gasteiger partial charge is 0.320 e. The maximum absolute atomic E-state index is 12.5. The molecule has 11 nitrogen and oxygen atoms in total. The molecule has 29 heavy (non-hydrogen) atoms. The van der Waals surface area contributed by atoms with E-state index in [4.69, 9.17) is 5.73 Å². The Morgan fingerprint density at radius 2 is 2.07 bits per heavy atom. The van der Waals surface area contributed by atoms with Crippen LogP contribution in [0.1, 0.15) is 32.1 Å². The summed E-state index contributed by atoms with van der Waals surface area (Å²) in [6, 6.07) is 6.73. The fraction of sp³-hybridized carbons (Fsp3) is 0.444. The normalized spacial score (nSPS) is 16.3. The van der Waals surface area contributed by atoms with Crippen molar-refractivity contribution in [1.29, 1.82) is 0 Å². The number of amides is 4. The number of nitrogens with one attached hydrogen (secondary N) is 2. The molecule has 1 aromatic carbocycles. The summed E-state index contributed by atoms with van der Waals surface area (Å²) in [5.74, 6) is -0.131. The molecule has 0 spiro atoms. The lowest BCUT2D eigenvalue weighted by Crippen LogP contribution is -2.54. The first-order valence-electron chi connectivity index (χ1n) is 9.42. The largest absolute Gasteiger partial charge is 0.370 e.